The van der Waals surface area contributed by atoms with Gasteiger partial charge in [-0.2, -0.15) is 10.4 Å². The molecule has 2 heterocycles. The lowest BCUT2D eigenvalue weighted by Gasteiger charge is -2.31. The first kappa shape index (κ1) is 13.7. The Hall–Kier alpha value is -1.70. The summed E-state index contributed by atoms with van der Waals surface area (Å²) in [7, 11) is 0. The molecule has 1 fully saturated rings. The summed E-state index contributed by atoms with van der Waals surface area (Å²) in [5.41, 5.74) is 6.62. The largest absolute Gasteiger partial charge is 0.383 e. The normalized spacial score (nSPS) is 21.2. The number of nitrogens with two attached hydrogens (primary N) is 1. The first-order chi connectivity index (χ1) is 9.08. The van der Waals surface area contributed by atoms with Crippen molar-refractivity contribution in [1.29, 1.82) is 5.26 Å². The Balaban J connectivity index is 2.37. The molecule has 1 aliphatic rings. The van der Waals surface area contributed by atoms with Gasteiger partial charge in [0.2, 0.25) is 0 Å². The molecule has 5 heteroatoms. The summed E-state index contributed by atoms with van der Waals surface area (Å²) >= 11 is 0. The van der Waals surface area contributed by atoms with Crippen molar-refractivity contribution in [2.24, 2.45) is 5.92 Å². The zero-order valence-electron chi connectivity index (χ0n) is 12.1. The Morgan fingerprint density at radius 2 is 2.32 bits per heavy atom. The Kier molecular flexibility index (Phi) is 3.98. The second-order valence-corrected chi connectivity index (χ2v) is 5.59. The summed E-state index contributed by atoms with van der Waals surface area (Å²) in [6.07, 6.45) is 3.36. The van der Waals surface area contributed by atoms with Crippen LogP contribution in [0.1, 0.15) is 51.6 Å². The predicted octanol–water partition coefficient (Wildman–Crippen LogP) is 2.54. The number of piperidine rings is 1. The van der Waals surface area contributed by atoms with E-state index < -0.39 is 0 Å². The Morgan fingerprint density at radius 1 is 1.58 bits per heavy atom. The lowest BCUT2D eigenvalue weighted by atomic mass is 10.0. The highest BCUT2D eigenvalue weighted by Gasteiger charge is 2.25. The highest BCUT2D eigenvalue weighted by Crippen LogP contribution is 2.30. The molecule has 0 aliphatic carbocycles. The minimum atomic E-state index is 0.225. The van der Waals surface area contributed by atoms with E-state index in [9.17, 15) is 5.26 Å². The second-order valence-electron chi connectivity index (χ2n) is 5.59. The highest BCUT2D eigenvalue weighted by molar-refractivity contribution is 5.65. The number of nitriles is 1. The lowest BCUT2D eigenvalue weighted by molar-refractivity contribution is 0.438. The van der Waals surface area contributed by atoms with Crippen molar-refractivity contribution in [3.63, 3.8) is 0 Å². The summed E-state index contributed by atoms with van der Waals surface area (Å²) in [5.74, 6) is 1.92. The maximum absolute atomic E-state index is 9.35. The van der Waals surface area contributed by atoms with Crippen LogP contribution in [0.4, 0.5) is 11.6 Å². The van der Waals surface area contributed by atoms with Crippen molar-refractivity contribution in [2.45, 2.75) is 46.1 Å². The number of anilines is 2. The third-order valence-corrected chi connectivity index (χ3v) is 4.01. The van der Waals surface area contributed by atoms with E-state index in [2.05, 4.69) is 36.8 Å². The first-order valence-electron chi connectivity index (χ1n) is 7.11. The van der Waals surface area contributed by atoms with E-state index in [0.717, 1.165) is 31.7 Å². The quantitative estimate of drug-likeness (QED) is 0.907. The van der Waals surface area contributed by atoms with Gasteiger partial charge in [0.05, 0.1) is 6.04 Å². The van der Waals surface area contributed by atoms with Crippen LogP contribution < -0.4 is 10.6 Å². The van der Waals surface area contributed by atoms with Crippen molar-refractivity contribution >= 4 is 11.6 Å². The van der Waals surface area contributed by atoms with Gasteiger partial charge in [-0.15, -0.1) is 0 Å². The molecule has 2 atom stereocenters. The molecule has 1 aromatic heterocycles. The third kappa shape index (κ3) is 2.53. The topological polar surface area (TPSA) is 70.9 Å². The number of rotatable bonds is 3. The zero-order valence-corrected chi connectivity index (χ0v) is 12.1. The van der Waals surface area contributed by atoms with Gasteiger partial charge in [0, 0.05) is 13.1 Å². The Labute approximate surface area is 115 Å². The third-order valence-electron chi connectivity index (χ3n) is 4.01. The van der Waals surface area contributed by atoms with Crippen molar-refractivity contribution in [3.8, 4) is 6.07 Å². The first-order valence-corrected chi connectivity index (χ1v) is 7.11. The molecule has 0 aromatic carbocycles. The van der Waals surface area contributed by atoms with Crippen LogP contribution in [0.2, 0.25) is 0 Å². The van der Waals surface area contributed by atoms with Gasteiger partial charge in [-0.1, -0.05) is 13.8 Å². The molecule has 1 aromatic rings. The number of aromatic nitrogens is 2. The molecule has 104 valence electrons. The van der Waals surface area contributed by atoms with Crippen LogP contribution in [0.25, 0.3) is 0 Å². The average molecular weight is 261 g/mol. The smallest absolute Gasteiger partial charge is 0.170 e. The van der Waals surface area contributed by atoms with Crippen molar-refractivity contribution < 1.29 is 0 Å². The fraction of sp³-hybridized carbons (Fsp3) is 0.714. The molecule has 5 nitrogen and oxygen atoms in total. The van der Waals surface area contributed by atoms with Gasteiger partial charge >= 0.3 is 0 Å². The maximum atomic E-state index is 9.35. The van der Waals surface area contributed by atoms with Gasteiger partial charge in [0.25, 0.3) is 0 Å². The van der Waals surface area contributed by atoms with Crippen LogP contribution in [-0.2, 0) is 0 Å². The average Bonchev–Trinajstić information content (AvgIpc) is 2.75. The zero-order chi connectivity index (χ0) is 14.0. The molecular formula is C14H23N5. The summed E-state index contributed by atoms with van der Waals surface area (Å²) in [6.45, 7) is 8.35. The Morgan fingerprint density at radius 3 is 2.89 bits per heavy atom. The van der Waals surface area contributed by atoms with Crippen LogP contribution in [-0.4, -0.2) is 22.9 Å². The highest BCUT2D eigenvalue weighted by atomic mass is 15.4. The second kappa shape index (κ2) is 5.52. The van der Waals surface area contributed by atoms with E-state index in [1.807, 2.05) is 0 Å². The van der Waals surface area contributed by atoms with Gasteiger partial charge in [-0.05, 0) is 32.1 Å². The number of nitrogens with zero attached hydrogens (tertiary/aromatic N) is 4. The molecule has 2 rings (SSSR count). The van der Waals surface area contributed by atoms with Gasteiger partial charge in [0.15, 0.2) is 5.82 Å². The van der Waals surface area contributed by atoms with Gasteiger partial charge in [0.1, 0.15) is 17.5 Å². The summed E-state index contributed by atoms with van der Waals surface area (Å²) in [6, 6.07) is 2.45. The molecule has 0 amide bonds. The predicted molar refractivity (Wildman–Crippen MR) is 77.0 cm³/mol. The minimum absolute atomic E-state index is 0.225. The summed E-state index contributed by atoms with van der Waals surface area (Å²) in [4.78, 5) is 2.21. The van der Waals surface area contributed by atoms with E-state index >= 15 is 0 Å². The van der Waals surface area contributed by atoms with E-state index in [-0.39, 0.29) is 6.04 Å². The van der Waals surface area contributed by atoms with Crippen LogP contribution >= 0.6 is 0 Å². The number of hydrogen-bond acceptors (Lipinski definition) is 4. The fourth-order valence-electron chi connectivity index (χ4n) is 2.65. The van der Waals surface area contributed by atoms with Gasteiger partial charge in [-0.3, -0.25) is 0 Å². The van der Waals surface area contributed by atoms with E-state index in [1.54, 1.807) is 4.68 Å². The molecule has 1 saturated heterocycles. The lowest BCUT2D eigenvalue weighted by Crippen LogP contribution is -2.35. The maximum Gasteiger partial charge on any atom is 0.170 e. The molecule has 1 aliphatic heterocycles. The van der Waals surface area contributed by atoms with Gasteiger partial charge in [-0.25, -0.2) is 4.68 Å². The minimum Gasteiger partial charge on any atom is -0.383 e. The standard InChI is InChI=1S/C14H23N5/c1-4-11(3)19-13(16)12(8-15)14(17-19)18-7-5-6-10(2)9-18/h10-11H,4-7,9,16H2,1-3H3. The van der Waals surface area contributed by atoms with Crippen LogP contribution in [0, 0.1) is 17.2 Å². The fourth-order valence-corrected chi connectivity index (χ4v) is 2.65. The molecule has 0 bridgehead atoms. The number of hydrogen-bond donors (Lipinski definition) is 1. The van der Waals surface area contributed by atoms with E-state index in [1.165, 1.54) is 6.42 Å². The van der Waals surface area contributed by atoms with Crippen molar-refractivity contribution in [3.05, 3.63) is 5.56 Å². The molecule has 0 saturated carbocycles. The SMILES string of the molecule is CCC(C)n1nc(N2CCCC(C)C2)c(C#N)c1N. The van der Waals surface area contributed by atoms with Crippen LogP contribution in [0.5, 0.6) is 0 Å². The van der Waals surface area contributed by atoms with Crippen molar-refractivity contribution in [2.75, 3.05) is 23.7 Å². The molecular weight excluding hydrogens is 238 g/mol. The van der Waals surface area contributed by atoms with E-state index in [4.69, 9.17) is 5.73 Å². The van der Waals surface area contributed by atoms with Gasteiger partial charge < -0.3 is 10.6 Å². The summed E-state index contributed by atoms with van der Waals surface area (Å²) in [5, 5.41) is 14.0. The summed E-state index contributed by atoms with van der Waals surface area (Å²) < 4.78 is 1.80. The monoisotopic (exact) mass is 261 g/mol. The van der Waals surface area contributed by atoms with Crippen LogP contribution in [0.15, 0.2) is 0 Å². The molecule has 19 heavy (non-hydrogen) atoms. The molecule has 0 radical (unpaired) electrons. The van der Waals surface area contributed by atoms with Crippen LogP contribution in [0.3, 0.4) is 0 Å². The molecule has 2 unspecified atom stereocenters. The Bertz CT molecular complexity index is 485. The number of nitrogen functional groups attached to an aromatic ring is 1. The molecule has 2 N–H and O–H groups in total. The van der Waals surface area contributed by atoms with E-state index in [0.29, 0.717) is 17.3 Å². The molecule has 0 spiro atoms. The van der Waals surface area contributed by atoms with Crippen molar-refractivity contribution in [1.82, 2.24) is 9.78 Å².